The molecule has 1 saturated carbocycles. The maximum atomic E-state index is 14.2. The molecule has 1 fully saturated rings. The number of ether oxygens (including phenoxy) is 1. The van der Waals surface area contributed by atoms with Crippen LogP contribution in [0.15, 0.2) is 42.7 Å². The summed E-state index contributed by atoms with van der Waals surface area (Å²) in [6.45, 7) is 3.79. The van der Waals surface area contributed by atoms with Crippen LogP contribution < -0.4 is 15.4 Å². The first-order chi connectivity index (χ1) is 24.0. The highest BCUT2D eigenvalue weighted by atomic mass is 31.2. The quantitative estimate of drug-likeness (QED) is 0.0778. The van der Waals surface area contributed by atoms with Gasteiger partial charge in [-0.05, 0) is 74.8 Å². The number of fused-ring (bicyclic) bond motifs is 1. The fourth-order valence-corrected chi connectivity index (χ4v) is 8.54. The second-order valence-corrected chi connectivity index (χ2v) is 15.2. The summed E-state index contributed by atoms with van der Waals surface area (Å²) >= 11 is 0. The first kappa shape index (κ1) is 38.5. The molecule has 2 aromatic heterocycles. The lowest BCUT2D eigenvalue weighted by atomic mass is 9.81. The van der Waals surface area contributed by atoms with Crippen molar-refractivity contribution < 1.29 is 55.5 Å². The van der Waals surface area contributed by atoms with Gasteiger partial charge in [-0.15, -0.1) is 0 Å². The lowest BCUT2D eigenvalue weighted by molar-refractivity contribution is -0.137. The summed E-state index contributed by atoms with van der Waals surface area (Å²) in [5.74, 6) is -0.717. The number of phosphoric acid groups is 1. The van der Waals surface area contributed by atoms with E-state index in [0.29, 0.717) is 48.5 Å². The Hall–Kier alpha value is -3.69. The smallest absolute Gasteiger partial charge is 0.469 e. The number of hydrogen-bond donors (Lipinski definition) is 5. The first-order valence-corrected chi connectivity index (χ1v) is 19.4. The van der Waals surface area contributed by atoms with Crippen LogP contribution in [-0.2, 0) is 42.1 Å². The van der Waals surface area contributed by atoms with Gasteiger partial charge in [-0.1, -0.05) is 12.1 Å². The topological polar surface area (TPSA) is 187 Å². The molecule has 0 spiro atoms. The number of hydrogen-bond acceptors (Lipinski definition) is 11. The van der Waals surface area contributed by atoms with Gasteiger partial charge in [0.25, 0.3) is 0 Å². The van der Waals surface area contributed by atoms with Gasteiger partial charge in [0, 0.05) is 24.8 Å². The summed E-state index contributed by atoms with van der Waals surface area (Å²) in [7, 11) is -5.05. The molecule has 0 unspecified atom stereocenters. The number of alkyl halides is 3. The maximum Gasteiger partial charge on any atom is 0.469 e. The number of aryl methyl sites for hydroxylation is 1. The van der Waals surface area contributed by atoms with Crippen LogP contribution in [0.4, 0.5) is 36.3 Å². The fourth-order valence-electron chi connectivity index (χ4n) is 6.26. The van der Waals surface area contributed by atoms with Gasteiger partial charge in [0.05, 0.1) is 49.4 Å². The largest absolute Gasteiger partial charge is 0.495 e. The number of phosphoric ester groups is 1. The van der Waals surface area contributed by atoms with Crippen LogP contribution in [0.3, 0.4) is 0 Å². The van der Waals surface area contributed by atoms with Crippen molar-refractivity contribution in [2.45, 2.75) is 63.9 Å². The molecule has 0 atom stereocenters. The zero-order valence-corrected chi connectivity index (χ0v) is 30.1. The second kappa shape index (κ2) is 15.5. The van der Waals surface area contributed by atoms with Crippen molar-refractivity contribution in [1.82, 2.24) is 14.5 Å². The Labute approximate surface area is 292 Å². The van der Waals surface area contributed by atoms with Crippen LogP contribution in [0.1, 0.15) is 62.1 Å². The molecule has 0 saturated heterocycles. The number of methoxy groups -OCH3 is 1. The van der Waals surface area contributed by atoms with E-state index in [1.807, 2.05) is 0 Å². The van der Waals surface area contributed by atoms with E-state index in [9.17, 15) is 37.2 Å². The number of aromatic hydroxyl groups is 1. The Bertz CT molecular complexity index is 1950. The zero-order chi connectivity index (χ0) is 37.1. The summed E-state index contributed by atoms with van der Waals surface area (Å²) in [5.41, 5.74) is 0.750. The van der Waals surface area contributed by atoms with Gasteiger partial charge in [0.2, 0.25) is 11.8 Å². The number of rotatable bonds is 14. The molecule has 1 aliphatic rings. The minimum atomic E-state index is -4.83. The van der Waals surface area contributed by atoms with Gasteiger partial charge >= 0.3 is 21.6 Å². The van der Waals surface area contributed by atoms with Crippen LogP contribution in [0.2, 0.25) is 0 Å². The third-order valence-corrected chi connectivity index (χ3v) is 11.1. The van der Waals surface area contributed by atoms with Crippen LogP contribution in [-0.4, -0.2) is 55.9 Å². The van der Waals surface area contributed by atoms with Crippen molar-refractivity contribution in [3.8, 4) is 11.6 Å². The molecule has 0 aliphatic heterocycles. The van der Waals surface area contributed by atoms with Gasteiger partial charge in [0.1, 0.15) is 17.1 Å². The molecule has 5 N–H and O–H groups in total. The maximum absolute atomic E-state index is 14.2. The summed E-state index contributed by atoms with van der Waals surface area (Å²) < 4.78 is 89.6. The molecule has 278 valence electrons. The van der Waals surface area contributed by atoms with Gasteiger partial charge in [-0.3, -0.25) is 9.09 Å². The van der Waals surface area contributed by atoms with Crippen molar-refractivity contribution in [3.05, 3.63) is 59.4 Å². The highest BCUT2D eigenvalue weighted by molar-refractivity contribution is 7.53. The Balaban J connectivity index is 1.45. The van der Waals surface area contributed by atoms with Crippen molar-refractivity contribution in [2.24, 2.45) is 7.05 Å². The monoisotopic (exact) mass is 757 g/mol. The Morgan fingerprint density at radius 2 is 1.67 bits per heavy atom. The number of nitrogens with zero attached hydrogens (tertiary/aromatic N) is 3. The van der Waals surface area contributed by atoms with E-state index >= 15 is 0 Å². The van der Waals surface area contributed by atoms with E-state index in [-0.39, 0.29) is 53.9 Å². The number of nitrogens with one attached hydrogen (secondary N) is 2. The molecular weight excluding hydrogens is 717 g/mol. The molecule has 14 nitrogen and oxygen atoms in total. The molecule has 5 rings (SSSR count). The van der Waals surface area contributed by atoms with Gasteiger partial charge < -0.3 is 43.9 Å². The van der Waals surface area contributed by atoms with Crippen molar-refractivity contribution in [2.75, 3.05) is 31.0 Å². The number of anilines is 4. The summed E-state index contributed by atoms with van der Waals surface area (Å²) in [4.78, 5) is 26.4. The Morgan fingerprint density at radius 1 is 1.00 bits per heavy atom. The standard InChI is InChI=1S/C32H40F3N5O9P2/c1-5-47-50(42,48-6-2)18-19-7-13-25(27(15-19)46-4)38-31-36-16-24(32(33,34)35)29(39-31)37-26-14-12-22(23-17-40(3)30(41)28(23)26)20-8-10-21(11-9-20)49-51(43,44)45/h7,12-17,20-21,41H,5-6,8-11,18H2,1-4H3,(H2,43,44,45)(H2,36,37,38,39). The van der Waals surface area contributed by atoms with Crippen LogP contribution in [0.25, 0.3) is 10.8 Å². The average Bonchev–Trinajstić information content (AvgIpc) is 3.35. The number of benzene rings is 2. The van der Waals surface area contributed by atoms with Gasteiger partial charge in [0.15, 0.2) is 0 Å². The second-order valence-electron chi connectivity index (χ2n) is 12.0. The van der Waals surface area contributed by atoms with E-state index in [1.165, 1.54) is 11.7 Å². The molecule has 1 aliphatic carbocycles. The predicted molar refractivity (Wildman–Crippen MR) is 184 cm³/mol. The van der Waals surface area contributed by atoms with Crippen molar-refractivity contribution >= 4 is 49.3 Å². The molecule has 2 heterocycles. The third-order valence-electron chi connectivity index (χ3n) is 8.45. The van der Waals surface area contributed by atoms with E-state index in [1.54, 1.807) is 57.4 Å². The van der Waals surface area contributed by atoms with Crippen LogP contribution >= 0.6 is 15.4 Å². The minimum Gasteiger partial charge on any atom is -0.495 e. The minimum absolute atomic E-state index is 0.0257. The predicted octanol–water partition coefficient (Wildman–Crippen LogP) is 8.09. The lowest BCUT2D eigenvalue weighted by Crippen LogP contribution is -2.20. The molecule has 51 heavy (non-hydrogen) atoms. The average molecular weight is 758 g/mol. The molecule has 0 bridgehead atoms. The lowest BCUT2D eigenvalue weighted by Gasteiger charge is -2.29. The van der Waals surface area contributed by atoms with Gasteiger partial charge in [-0.2, -0.15) is 18.2 Å². The zero-order valence-electron chi connectivity index (χ0n) is 28.3. The van der Waals surface area contributed by atoms with E-state index in [4.69, 9.17) is 18.3 Å². The Kier molecular flexibility index (Phi) is 11.7. The highest BCUT2D eigenvalue weighted by Crippen LogP contribution is 2.52. The summed E-state index contributed by atoms with van der Waals surface area (Å²) in [6.07, 6.45) is -1.24. The van der Waals surface area contributed by atoms with Crippen LogP contribution in [0, 0.1) is 0 Å². The van der Waals surface area contributed by atoms with E-state index < -0.39 is 39.1 Å². The highest BCUT2D eigenvalue weighted by Gasteiger charge is 2.36. The first-order valence-electron chi connectivity index (χ1n) is 16.1. The molecule has 4 aromatic rings. The van der Waals surface area contributed by atoms with Crippen molar-refractivity contribution in [1.29, 1.82) is 0 Å². The molecule has 2 aromatic carbocycles. The van der Waals surface area contributed by atoms with Crippen molar-refractivity contribution in [3.63, 3.8) is 0 Å². The molecule has 0 radical (unpaired) electrons. The summed E-state index contributed by atoms with van der Waals surface area (Å²) in [5, 5.41) is 17.6. The van der Waals surface area contributed by atoms with Gasteiger partial charge in [-0.25, -0.2) is 9.55 Å². The summed E-state index contributed by atoms with van der Waals surface area (Å²) in [6, 6.07) is 8.15. The van der Waals surface area contributed by atoms with E-state index in [0.717, 1.165) is 5.56 Å². The normalized spacial score (nSPS) is 17.1. The third kappa shape index (κ3) is 9.22. The molecule has 19 heteroatoms. The fraction of sp³-hybridized carbons (Fsp3) is 0.438. The Morgan fingerprint density at radius 3 is 2.27 bits per heavy atom. The molecule has 0 amide bonds. The van der Waals surface area contributed by atoms with E-state index in [2.05, 4.69) is 20.6 Å². The molecular formula is C32H40F3N5O9P2. The SMILES string of the molecule is CCOP(=O)(Cc1ccc(Nc2ncc(C(F)(F)F)c(Nc3ccc(C4CCC(OP(=O)(O)O)CC4)c4cn(C)c(O)c34)n2)c(OC)c1)OCC. The number of halogens is 3. The number of aromatic nitrogens is 3. The van der Waals surface area contributed by atoms with Crippen LogP contribution in [0.5, 0.6) is 11.6 Å².